The zero-order valence-corrected chi connectivity index (χ0v) is 12.3. The van der Waals surface area contributed by atoms with Gasteiger partial charge in [-0.2, -0.15) is 0 Å². The van der Waals surface area contributed by atoms with Crippen molar-refractivity contribution in [3.05, 3.63) is 42.3 Å². The second kappa shape index (κ2) is 7.33. The Bertz CT molecular complexity index is 447. The minimum absolute atomic E-state index is 0.0632. The predicted octanol–water partition coefficient (Wildman–Crippen LogP) is 1.45. The van der Waals surface area contributed by atoms with E-state index in [4.69, 9.17) is 9.47 Å². The third-order valence-electron chi connectivity index (χ3n) is 3.81. The van der Waals surface area contributed by atoms with Gasteiger partial charge in [-0.1, -0.05) is 0 Å². The van der Waals surface area contributed by atoms with Crippen LogP contribution in [0.2, 0.25) is 0 Å². The van der Waals surface area contributed by atoms with Crippen molar-refractivity contribution >= 4 is 0 Å². The molecule has 1 fully saturated rings. The van der Waals surface area contributed by atoms with Gasteiger partial charge >= 0.3 is 0 Å². The topological polar surface area (TPSA) is 45.8 Å². The highest BCUT2D eigenvalue weighted by atomic mass is 16.5. The molecule has 3 rings (SSSR count). The molecule has 1 saturated heterocycles. The SMILES string of the molecule is C1=COC(c2ccc(OCCCN3CCNCC3)cc2)N1. The van der Waals surface area contributed by atoms with Crippen LogP contribution in [0.25, 0.3) is 0 Å². The van der Waals surface area contributed by atoms with Gasteiger partial charge < -0.3 is 25.0 Å². The molecule has 0 aromatic heterocycles. The summed E-state index contributed by atoms with van der Waals surface area (Å²) in [6.45, 7) is 6.39. The van der Waals surface area contributed by atoms with Crippen LogP contribution in [0.15, 0.2) is 36.7 Å². The van der Waals surface area contributed by atoms with Gasteiger partial charge in [0.15, 0.2) is 6.23 Å². The van der Waals surface area contributed by atoms with Crippen molar-refractivity contribution in [1.82, 2.24) is 15.5 Å². The van der Waals surface area contributed by atoms with Crippen LogP contribution in [0.3, 0.4) is 0 Å². The first-order valence-electron chi connectivity index (χ1n) is 7.64. The molecular formula is C16H23N3O2. The fraction of sp³-hybridized carbons (Fsp3) is 0.500. The largest absolute Gasteiger partial charge is 0.494 e. The molecule has 0 saturated carbocycles. The Kier molecular flexibility index (Phi) is 4.97. The molecule has 2 aliphatic rings. The second-order valence-electron chi connectivity index (χ2n) is 5.35. The van der Waals surface area contributed by atoms with Crippen molar-refractivity contribution in [1.29, 1.82) is 0 Å². The molecule has 114 valence electrons. The van der Waals surface area contributed by atoms with Gasteiger partial charge in [0.25, 0.3) is 0 Å². The third kappa shape index (κ3) is 4.12. The van der Waals surface area contributed by atoms with Crippen LogP contribution >= 0.6 is 0 Å². The van der Waals surface area contributed by atoms with Crippen LogP contribution in [0.5, 0.6) is 5.75 Å². The summed E-state index contributed by atoms with van der Waals surface area (Å²) < 4.78 is 11.2. The van der Waals surface area contributed by atoms with Crippen molar-refractivity contribution < 1.29 is 9.47 Å². The number of ether oxygens (including phenoxy) is 2. The number of piperazine rings is 1. The summed E-state index contributed by atoms with van der Waals surface area (Å²) in [4.78, 5) is 2.49. The van der Waals surface area contributed by atoms with E-state index in [0.717, 1.165) is 57.1 Å². The number of benzene rings is 1. The number of hydrogen-bond donors (Lipinski definition) is 2. The molecule has 2 aliphatic heterocycles. The molecule has 5 nitrogen and oxygen atoms in total. The molecule has 0 amide bonds. The molecule has 0 bridgehead atoms. The summed E-state index contributed by atoms with van der Waals surface area (Å²) in [5.74, 6) is 0.921. The van der Waals surface area contributed by atoms with E-state index in [1.165, 1.54) is 0 Å². The predicted molar refractivity (Wildman–Crippen MR) is 82.0 cm³/mol. The van der Waals surface area contributed by atoms with E-state index < -0.39 is 0 Å². The first-order chi connectivity index (χ1) is 10.4. The molecule has 1 unspecified atom stereocenters. The molecule has 1 aromatic carbocycles. The molecular weight excluding hydrogens is 266 g/mol. The Hall–Kier alpha value is -1.72. The minimum atomic E-state index is -0.0632. The van der Waals surface area contributed by atoms with Gasteiger partial charge in [-0.25, -0.2) is 0 Å². The van der Waals surface area contributed by atoms with Gasteiger partial charge in [-0.3, -0.25) is 0 Å². The molecule has 2 heterocycles. The maximum Gasteiger partial charge on any atom is 0.195 e. The molecule has 0 aliphatic carbocycles. The van der Waals surface area contributed by atoms with Crippen LogP contribution < -0.4 is 15.4 Å². The lowest BCUT2D eigenvalue weighted by molar-refractivity contribution is 0.154. The van der Waals surface area contributed by atoms with E-state index in [0.29, 0.717) is 0 Å². The molecule has 1 aromatic rings. The smallest absolute Gasteiger partial charge is 0.195 e. The van der Waals surface area contributed by atoms with Gasteiger partial charge in [0.05, 0.1) is 6.61 Å². The lowest BCUT2D eigenvalue weighted by Gasteiger charge is -2.26. The minimum Gasteiger partial charge on any atom is -0.494 e. The number of hydrogen-bond acceptors (Lipinski definition) is 5. The highest BCUT2D eigenvalue weighted by Crippen LogP contribution is 2.21. The third-order valence-corrected chi connectivity index (χ3v) is 3.81. The zero-order chi connectivity index (χ0) is 14.3. The van der Waals surface area contributed by atoms with Crippen LogP contribution in [-0.4, -0.2) is 44.2 Å². The van der Waals surface area contributed by atoms with Gasteiger partial charge in [-0.15, -0.1) is 0 Å². The van der Waals surface area contributed by atoms with Gasteiger partial charge in [0.2, 0.25) is 0 Å². The van der Waals surface area contributed by atoms with Crippen molar-refractivity contribution in [2.24, 2.45) is 0 Å². The summed E-state index contributed by atoms with van der Waals surface area (Å²) in [5.41, 5.74) is 1.10. The van der Waals surface area contributed by atoms with E-state index in [1.807, 2.05) is 30.5 Å². The lowest BCUT2D eigenvalue weighted by atomic mass is 10.2. The van der Waals surface area contributed by atoms with E-state index in [2.05, 4.69) is 15.5 Å². The number of nitrogens with zero attached hydrogens (tertiary/aromatic N) is 1. The maximum atomic E-state index is 5.80. The van der Waals surface area contributed by atoms with Crippen LogP contribution in [0, 0.1) is 0 Å². The fourth-order valence-corrected chi connectivity index (χ4v) is 2.61. The Morgan fingerprint density at radius 2 is 2.00 bits per heavy atom. The van der Waals surface area contributed by atoms with Gasteiger partial charge in [0.1, 0.15) is 12.0 Å². The van der Waals surface area contributed by atoms with E-state index in [-0.39, 0.29) is 6.23 Å². The summed E-state index contributed by atoms with van der Waals surface area (Å²) >= 11 is 0. The fourth-order valence-electron chi connectivity index (χ4n) is 2.61. The summed E-state index contributed by atoms with van der Waals surface area (Å²) in [5, 5.41) is 6.49. The Balaban J connectivity index is 1.37. The van der Waals surface area contributed by atoms with Crippen LogP contribution in [0.4, 0.5) is 0 Å². The summed E-state index contributed by atoms with van der Waals surface area (Å²) in [7, 11) is 0. The zero-order valence-electron chi connectivity index (χ0n) is 12.3. The van der Waals surface area contributed by atoms with Crippen LogP contribution in [0.1, 0.15) is 18.2 Å². The Morgan fingerprint density at radius 1 is 1.19 bits per heavy atom. The average molecular weight is 289 g/mol. The van der Waals surface area contributed by atoms with Crippen LogP contribution in [-0.2, 0) is 4.74 Å². The summed E-state index contributed by atoms with van der Waals surface area (Å²) in [6.07, 6.45) is 4.49. The first kappa shape index (κ1) is 14.2. The van der Waals surface area contributed by atoms with Crippen molar-refractivity contribution in [3.8, 4) is 5.75 Å². The maximum absolute atomic E-state index is 5.80. The highest BCUT2D eigenvalue weighted by molar-refractivity contribution is 5.29. The van der Waals surface area contributed by atoms with E-state index in [1.54, 1.807) is 6.26 Å². The standard InChI is InChI=1S/C16H23N3O2/c1(9-19-10-6-17-7-11-19)12-20-15-4-2-14(3-5-15)16-18-8-13-21-16/h2-5,8,13,16-18H,1,6-7,9-12H2. The average Bonchev–Trinajstić information content (AvgIpc) is 3.08. The van der Waals surface area contributed by atoms with E-state index >= 15 is 0 Å². The molecule has 5 heteroatoms. The number of nitrogens with one attached hydrogen (secondary N) is 2. The second-order valence-corrected chi connectivity index (χ2v) is 5.35. The quantitative estimate of drug-likeness (QED) is 0.776. The molecule has 1 atom stereocenters. The van der Waals surface area contributed by atoms with Crippen molar-refractivity contribution in [2.75, 3.05) is 39.3 Å². The van der Waals surface area contributed by atoms with E-state index in [9.17, 15) is 0 Å². The first-order valence-corrected chi connectivity index (χ1v) is 7.64. The Labute approximate surface area is 125 Å². The summed E-state index contributed by atoms with van der Waals surface area (Å²) in [6, 6.07) is 8.08. The van der Waals surface area contributed by atoms with Crippen molar-refractivity contribution in [2.45, 2.75) is 12.6 Å². The number of rotatable bonds is 6. The molecule has 0 radical (unpaired) electrons. The monoisotopic (exact) mass is 289 g/mol. The Morgan fingerprint density at radius 3 is 2.71 bits per heavy atom. The molecule has 2 N–H and O–H groups in total. The van der Waals surface area contributed by atoms with Crippen molar-refractivity contribution in [3.63, 3.8) is 0 Å². The van der Waals surface area contributed by atoms with Gasteiger partial charge in [-0.05, 0) is 30.7 Å². The van der Waals surface area contributed by atoms with Gasteiger partial charge in [0, 0.05) is 44.5 Å². The molecule has 21 heavy (non-hydrogen) atoms. The normalized spacial score (nSPS) is 21.8. The molecule has 0 spiro atoms. The lowest BCUT2D eigenvalue weighted by Crippen LogP contribution is -2.43. The highest BCUT2D eigenvalue weighted by Gasteiger charge is 2.12.